The molecule has 7 nitrogen and oxygen atoms in total. The minimum Gasteiger partial charge on any atom is -0.354 e. The average molecular weight is 348 g/mol. The smallest absolute Gasteiger partial charge is 0.272 e. The predicted molar refractivity (Wildman–Crippen MR) is 94.6 cm³/mol. The zero-order valence-corrected chi connectivity index (χ0v) is 15.2. The molecule has 1 amide bonds. The molecule has 1 aromatic heterocycles. The van der Waals surface area contributed by atoms with Crippen LogP contribution < -0.4 is 5.32 Å². The quantitative estimate of drug-likeness (QED) is 0.796. The Balaban J connectivity index is 1.60. The third kappa shape index (κ3) is 4.46. The first kappa shape index (κ1) is 18.1. The molecule has 1 N–H and O–H groups in total. The number of nitrogens with zero attached hydrogens (tertiary/aromatic N) is 3. The number of rotatable bonds is 6. The van der Waals surface area contributed by atoms with E-state index >= 15 is 0 Å². The maximum atomic E-state index is 12.8. The Morgan fingerprint density at radius 2 is 1.96 bits per heavy atom. The number of anilines is 1. The summed E-state index contributed by atoms with van der Waals surface area (Å²) >= 11 is 0. The van der Waals surface area contributed by atoms with Crippen molar-refractivity contribution < 1.29 is 14.3 Å². The number of nitrogens with one attached hydrogen (secondary N) is 1. The molecular formula is C18H28N4O3. The number of piperidine rings is 1. The molecule has 3 rings (SSSR count). The Morgan fingerprint density at radius 3 is 2.64 bits per heavy atom. The summed E-state index contributed by atoms with van der Waals surface area (Å²) in [6, 6.07) is 1.76. The largest absolute Gasteiger partial charge is 0.354 e. The van der Waals surface area contributed by atoms with Gasteiger partial charge in [-0.1, -0.05) is 19.8 Å². The lowest BCUT2D eigenvalue weighted by atomic mass is 10.0. The van der Waals surface area contributed by atoms with Gasteiger partial charge in [-0.25, -0.2) is 9.97 Å². The molecule has 1 aromatic rings. The van der Waals surface area contributed by atoms with Crippen LogP contribution in [0.15, 0.2) is 6.07 Å². The van der Waals surface area contributed by atoms with E-state index in [9.17, 15) is 4.79 Å². The van der Waals surface area contributed by atoms with Gasteiger partial charge in [0, 0.05) is 38.2 Å². The van der Waals surface area contributed by atoms with Gasteiger partial charge in [0.05, 0.1) is 13.2 Å². The summed E-state index contributed by atoms with van der Waals surface area (Å²) in [5.74, 6) is 0.0232. The second-order valence-electron chi connectivity index (χ2n) is 6.75. The van der Waals surface area contributed by atoms with E-state index < -0.39 is 5.79 Å². The second kappa shape index (κ2) is 8.10. The SMILES string of the molecule is CCCCCNc1nc(C)cc(C(=O)N2CCC3(CC2)OCCO3)n1. The zero-order valence-electron chi connectivity index (χ0n) is 15.2. The number of unbranched alkanes of at least 4 members (excludes halogenated alkanes) is 2. The van der Waals surface area contributed by atoms with Crippen LogP contribution in [0.2, 0.25) is 0 Å². The molecule has 2 saturated heterocycles. The highest BCUT2D eigenvalue weighted by molar-refractivity contribution is 5.92. The van der Waals surface area contributed by atoms with E-state index in [0.717, 1.165) is 18.7 Å². The number of likely N-dealkylation sites (tertiary alicyclic amines) is 1. The lowest BCUT2D eigenvalue weighted by Gasteiger charge is -2.37. The van der Waals surface area contributed by atoms with Crippen LogP contribution in [0.5, 0.6) is 0 Å². The van der Waals surface area contributed by atoms with Gasteiger partial charge >= 0.3 is 0 Å². The molecule has 1 spiro atoms. The summed E-state index contributed by atoms with van der Waals surface area (Å²) < 4.78 is 11.4. The first-order valence-electron chi connectivity index (χ1n) is 9.29. The molecule has 0 unspecified atom stereocenters. The summed E-state index contributed by atoms with van der Waals surface area (Å²) in [7, 11) is 0. The Labute approximate surface area is 149 Å². The van der Waals surface area contributed by atoms with Crippen molar-refractivity contribution in [2.75, 3.05) is 38.2 Å². The molecule has 7 heteroatoms. The number of ether oxygens (including phenoxy) is 2. The maximum Gasteiger partial charge on any atom is 0.272 e. The van der Waals surface area contributed by atoms with Gasteiger partial charge in [-0.15, -0.1) is 0 Å². The molecule has 25 heavy (non-hydrogen) atoms. The van der Waals surface area contributed by atoms with Crippen molar-refractivity contribution in [3.05, 3.63) is 17.5 Å². The standard InChI is InChI=1S/C18H28N4O3/c1-3-4-5-8-19-17-20-14(2)13-15(21-17)16(23)22-9-6-18(7-10-22)24-11-12-25-18/h13H,3-12H2,1-2H3,(H,19,20,21). The molecule has 2 aliphatic heterocycles. The maximum absolute atomic E-state index is 12.8. The molecule has 3 heterocycles. The average Bonchev–Trinajstić information content (AvgIpc) is 3.06. The lowest BCUT2D eigenvalue weighted by Crippen LogP contribution is -2.47. The summed E-state index contributed by atoms with van der Waals surface area (Å²) in [5.41, 5.74) is 1.25. The normalized spacial score (nSPS) is 19.4. The van der Waals surface area contributed by atoms with Crippen molar-refractivity contribution in [2.45, 2.75) is 51.7 Å². The van der Waals surface area contributed by atoms with Crippen LogP contribution >= 0.6 is 0 Å². The van der Waals surface area contributed by atoms with E-state index in [1.807, 2.05) is 11.8 Å². The highest BCUT2D eigenvalue weighted by Gasteiger charge is 2.41. The number of hydrogen-bond acceptors (Lipinski definition) is 6. The van der Waals surface area contributed by atoms with E-state index in [2.05, 4.69) is 22.2 Å². The summed E-state index contributed by atoms with van der Waals surface area (Å²) in [4.78, 5) is 23.4. The molecule has 138 valence electrons. The Hall–Kier alpha value is -1.73. The Kier molecular flexibility index (Phi) is 5.86. The second-order valence-corrected chi connectivity index (χ2v) is 6.75. The van der Waals surface area contributed by atoms with Gasteiger partial charge in [0.15, 0.2) is 5.79 Å². The predicted octanol–water partition coefficient (Wildman–Crippen LogP) is 2.37. The molecule has 0 radical (unpaired) electrons. The number of aryl methyl sites for hydroxylation is 1. The molecule has 0 saturated carbocycles. The fourth-order valence-electron chi connectivity index (χ4n) is 3.33. The van der Waals surface area contributed by atoms with Crippen LogP contribution in [0.3, 0.4) is 0 Å². The van der Waals surface area contributed by atoms with Crippen molar-refractivity contribution in [1.29, 1.82) is 0 Å². The van der Waals surface area contributed by atoms with Crippen LogP contribution in [-0.4, -0.2) is 59.4 Å². The highest BCUT2D eigenvalue weighted by atomic mass is 16.7. The number of aromatic nitrogens is 2. The summed E-state index contributed by atoms with van der Waals surface area (Å²) in [6.45, 7) is 7.43. The van der Waals surface area contributed by atoms with Crippen molar-refractivity contribution in [1.82, 2.24) is 14.9 Å². The Bertz CT molecular complexity index is 592. The van der Waals surface area contributed by atoms with Gasteiger partial charge < -0.3 is 19.7 Å². The molecule has 0 bridgehead atoms. The molecular weight excluding hydrogens is 320 g/mol. The minimum absolute atomic E-state index is 0.0463. The first-order chi connectivity index (χ1) is 12.1. The van der Waals surface area contributed by atoms with Gasteiger partial charge in [0.2, 0.25) is 5.95 Å². The van der Waals surface area contributed by atoms with Crippen molar-refractivity contribution >= 4 is 11.9 Å². The zero-order chi connectivity index (χ0) is 17.7. The number of amides is 1. The van der Waals surface area contributed by atoms with E-state index in [0.29, 0.717) is 50.8 Å². The van der Waals surface area contributed by atoms with Crippen LogP contribution in [0.4, 0.5) is 5.95 Å². The topological polar surface area (TPSA) is 76.6 Å². The van der Waals surface area contributed by atoms with Crippen molar-refractivity contribution in [3.63, 3.8) is 0 Å². The van der Waals surface area contributed by atoms with Crippen LogP contribution in [0.1, 0.15) is 55.2 Å². The van der Waals surface area contributed by atoms with Gasteiger partial charge in [-0.05, 0) is 19.4 Å². The molecule has 2 aliphatic rings. The number of carbonyl (C=O) groups is 1. The van der Waals surface area contributed by atoms with Crippen molar-refractivity contribution in [3.8, 4) is 0 Å². The van der Waals surface area contributed by atoms with E-state index in [1.54, 1.807) is 6.07 Å². The van der Waals surface area contributed by atoms with Gasteiger partial charge in [0.1, 0.15) is 5.69 Å². The van der Waals surface area contributed by atoms with E-state index in [-0.39, 0.29) is 5.91 Å². The Morgan fingerprint density at radius 1 is 1.24 bits per heavy atom. The van der Waals surface area contributed by atoms with Gasteiger partial charge in [0.25, 0.3) is 5.91 Å². The summed E-state index contributed by atoms with van der Waals surface area (Å²) in [6.07, 6.45) is 4.84. The third-order valence-corrected chi connectivity index (χ3v) is 4.76. The fourth-order valence-corrected chi connectivity index (χ4v) is 3.33. The van der Waals surface area contributed by atoms with Crippen LogP contribution in [-0.2, 0) is 9.47 Å². The van der Waals surface area contributed by atoms with Crippen molar-refractivity contribution in [2.24, 2.45) is 0 Å². The van der Waals surface area contributed by atoms with Crippen LogP contribution in [0.25, 0.3) is 0 Å². The van der Waals surface area contributed by atoms with E-state index in [4.69, 9.17) is 9.47 Å². The summed E-state index contributed by atoms with van der Waals surface area (Å²) in [5, 5.41) is 3.23. The lowest BCUT2D eigenvalue weighted by molar-refractivity contribution is -0.181. The highest BCUT2D eigenvalue weighted by Crippen LogP contribution is 2.31. The van der Waals surface area contributed by atoms with Gasteiger partial charge in [-0.3, -0.25) is 4.79 Å². The monoisotopic (exact) mass is 348 g/mol. The number of hydrogen-bond donors (Lipinski definition) is 1. The van der Waals surface area contributed by atoms with Crippen LogP contribution in [0, 0.1) is 6.92 Å². The molecule has 0 aliphatic carbocycles. The van der Waals surface area contributed by atoms with Gasteiger partial charge in [-0.2, -0.15) is 0 Å². The number of carbonyl (C=O) groups excluding carboxylic acids is 1. The van der Waals surface area contributed by atoms with E-state index in [1.165, 1.54) is 12.8 Å². The fraction of sp³-hybridized carbons (Fsp3) is 0.722. The first-order valence-corrected chi connectivity index (χ1v) is 9.29. The molecule has 0 aromatic carbocycles. The third-order valence-electron chi connectivity index (χ3n) is 4.76. The minimum atomic E-state index is -0.468. The molecule has 0 atom stereocenters. The molecule has 2 fully saturated rings.